The summed E-state index contributed by atoms with van der Waals surface area (Å²) < 4.78 is 20.6. The van der Waals surface area contributed by atoms with Crippen molar-refractivity contribution in [1.82, 2.24) is 9.71 Å². The van der Waals surface area contributed by atoms with Crippen LogP contribution in [0.3, 0.4) is 0 Å². The molecule has 0 fully saturated rings. The molecule has 150 valence electrons. The molecule has 1 unspecified atom stereocenters. The van der Waals surface area contributed by atoms with Crippen LogP contribution in [0, 0.1) is 0 Å². The lowest BCUT2D eigenvalue weighted by Crippen LogP contribution is -2.16. The molecule has 5 rings (SSSR count). The van der Waals surface area contributed by atoms with Crippen molar-refractivity contribution < 1.29 is 13.7 Å². The fraction of sp³-hybridized carbons (Fsp3) is 0.130. The zero-order valence-corrected chi connectivity index (χ0v) is 17.4. The first kappa shape index (κ1) is 19.0. The number of pyridine rings is 1. The summed E-state index contributed by atoms with van der Waals surface area (Å²) in [5, 5.41) is 0.480. The Morgan fingerprint density at radius 2 is 1.87 bits per heavy atom. The van der Waals surface area contributed by atoms with Gasteiger partial charge in [0.05, 0.1) is 4.91 Å². The van der Waals surface area contributed by atoms with Gasteiger partial charge in [-0.2, -0.15) is 0 Å². The van der Waals surface area contributed by atoms with Crippen LogP contribution < -0.4 is 9.46 Å². The number of rotatable bonds is 4. The largest absolute Gasteiger partial charge is 0.486 e. The number of aromatic nitrogens is 1. The number of ether oxygens (including phenoxy) is 1. The van der Waals surface area contributed by atoms with E-state index in [0.29, 0.717) is 10.1 Å². The lowest BCUT2D eigenvalue weighted by atomic mass is 9.98. The molecular weight excluding hydrogens is 420 g/mol. The Morgan fingerprint density at radius 1 is 1.07 bits per heavy atom. The van der Waals surface area contributed by atoms with Gasteiger partial charge in [0.15, 0.2) is 11.0 Å². The van der Waals surface area contributed by atoms with Gasteiger partial charge in [-0.05, 0) is 59.4 Å². The highest BCUT2D eigenvalue weighted by Crippen LogP contribution is 2.40. The Hall–Kier alpha value is -2.96. The van der Waals surface area contributed by atoms with Crippen LogP contribution in [0.2, 0.25) is 5.15 Å². The number of carbonyl (C=O) groups is 1. The summed E-state index contributed by atoms with van der Waals surface area (Å²) in [6.45, 7) is 0. The van der Waals surface area contributed by atoms with E-state index in [1.165, 1.54) is 17.2 Å². The van der Waals surface area contributed by atoms with Gasteiger partial charge in [0, 0.05) is 17.8 Å². The van der Waals surface area contributed by atoms with Crippen LogP contribution in [0.15, 0.2) is 66.9 Å². The van der Waals surface area contributed by atoms with Crippen molar-refractivity contribution >= 4 is 33.4 Å². The number of amides is 1. The van der Waals surface area contributed by atoms with E-state index < -0.39 is 11.0 Å². The molecule has 0 saturated heterocycles. The van der Waals surface area contributed by atoms with Crippen LogP contribution in [0.4, 0.5) is 0 Å². The van der Waals surface area contributed by atoms with Crippen LogP contribution in [0.25, 0.3) is 16.0 Å². The van der Waals surface area contributed by atoms with Gasteiger partial charge in [-0.1, -0.05) is 41.9 Å². The maximum Gasteiger partial charge on any atom is 0.257 e. The van der Waals surface area contributed by atoms with Gasteiger partial charge in [-0.25, -0.2) is 9.19 Å². The van der Waals surface area contributed by atoms with Gasteiger partial charge in [0.25, 0.3) is 5.91 Å². The van der Waals surface area contributed by atoms with E-state index in [9.17, 15) is 9.00 Å². The van der Waals surface area contributed by atoms with Crippen molar-refractivity contribution in [2.24, 2.45) is 0 Å². The minimum atomic E-state index is -1.50. The Labute approximate surface area is 181 Å². The molecule has 0 bridgehead atoms. The minimum absolute atomic E-state index is 0.0332. The first-order valence-corrected chi connectivity index (χ1v) is 11.1. The summed E-state index contributed by atoms with van der Waals surface area (Å²) in [5.41, 5.74) is 5.40. The van der Waals surface area contributed by atoms with Crippen LogP contribution >= 0.6 is 11.6 Å². The minimum Gasteiger partial charge on any atom is -0.486 e. The Bertz CT molecular complexity index is 1190. The average Bonchev–Trinajstić information content (AvgIpc) is 3.31. The number of nitrogens with zero attached hydrogens (tertiary/aromatic N) is 1. The van der Waals surface area contributed by atoms with Crippen LogP contribution in [-0.4, -0.2) is 15.1 Å². The van der Waals surface area contributed by atoms with Crippen molar-refractivity contribution in [3.8, 4) is 16.9 Å². The van der Waals surface area contributed by atoms with Gasteiger partial charge in [0.2, 0.25) is 0 Å². The van der Waals surface area contributed by atoms with Gasteiger partial charge >= 0.3 is 0 Å². The SMILES string of the molecule is O=C1C=C(c2ccc(O[C@@H]3CCc4c(-c5ccc(Cl)nc5)cccc43)cc2)S(=O)N1. The summed E-state index contributed by atoms with van der Waals surface area (Å²) in [6, 6.07) is 17.4. The van der Waals surface area contributed by atoms with E-state index in [-0.39, 0.29) is 12.0 Å². The topological polar surface area (TPSA) is 68.3 Å². The summed E-state index contributed by atoms with van der Waals surface area (Å²) in [4.78, 5) is 16.1. The number of benzene rings is 2. The molecule has 1 amide bonds. The molecule has 7 heteroatoms. The standard InChI is InChI=1S/C23H17ClN2O3S/c24-22-11-6-15(13-25-22)17-2-1-3-19-18(17)9-10-20(19)29-16-7-4-14(5-8-16)21-12-23(27)26-30(21)28/h1-8,11-13,20H,9-10H2,(H,26,27)/t20-,30?/m1/s1. The van der Waals surface area contributed by atoms with Gasteiger partial charge in [-0.15, -0.1) is 0 Å². The molecule has 0 saturated carbocycles. The molecule has 1 aromatic heterocycles. The molecule has 1 aliphatic heterocycles. The van der Waals surface area contributed by atoms with E-state index in [4.69, 9.17) is 16.3 Å². The molecule has 5 nitrogen and oxygen atoms in total. The molecule has 2 aromatic carbocycles. The lowest BCUT2D eigenvalue weighted by Gasteiger charge is -2.16. The molecule has 1 aliphatic carbocycles. The summed E-state index contributed by atoms with van der Waals surface area (Å²) >= 11 is 5.93. The Morgan fingerprint density at radius 3 is 2.57 bits per heavy atom. The van der Waals surface area contributed by atoms with Crippen LogP contribution in [-0.2, 0) is 22.2 Å². The first-order chi connectivity index (χ1) is 14.6. The molecule has 2 aliphatic rings. The van der Waals surface area contributed by atoms with E-state index in [0.717, 1.165) is 35.3 Å². The average molecular weight is 437 g/mol. The fourth-order valence-corrected chi connectivity index (χ4v) is 4.97. The number of carbonyl (C=O) groups excluding carboxylic acids is 1. The fourth-order valence-electron chi connectivity index (χ4n) is 3.95. The third-order valence-corrected chi connectivity index (χ3v) is 6.69. The summed E-state index contributed by atoms with van der Waals surface area (Å²) in [7, 11) is -1.50. The molecular formula is C23H17ClN2O3S. The Balaban J connectivity index is 1.38. The quantitative estimate of drug-likeness (QED) is 0.607. The van der Waals surface area contributed by atoms with Crippen molar-refractivity contribution in [3.05, 3.63) is 88.7 Å². The lowest BCUT2D eigenvalue weighted by molar-refractivity contribution is -0.114. The molecule has 1 N–H and O–H groups in total. The number of hydrogen-bond donors (Lipinski definition) is 1. The second-order valence-electron chi connectivity index (χ2n) is 7.16. The highest BCUT2D eigenvalue weighted by molar-refractivity contribution is 7.93. The predicted octanol–water partition coefficient (Wildman–Crippen LogP) is 4.60. The molecule has 0 radical (unpaired) electrons. The van der Waals surface area contributed by atoms with Crippen molar-refractivity contribution in [1.29, 1.82) is 0 Å². The maximum atomic E-state index is 11.9. The summed E-state index contributed by atoms with van der Waals surface area (Å²) in [5.74, 6) is 0.400. The maximum absolute atomic E-state index is 11.9. The van der Waals surface area contributed by atoms with E-state index in [1.807, 2.05) is 36.4 Å². The summed E-state index contributed by atoms with van der Waals surface area (Å²) in [6.07, 6.45) is 4.95. The zero-order chi connectivity index (χ0) is 20.7. The van der Waals surface area contributed by atoms with Crippen molar-refractivity contribution in [2.45, 2.75) is 18.9 Å². The molecule has 2 heterocycles. The van der Waals surface area contributed by atoms with Crippen LogP contribution in [0.1, 0.15) is 29.2 Å². The normalized spacial score (nSPS) is 19.9. The monoisotopic (exact) mass is 436 g/mol. The van der Waals surface area contributed by atoms with Crippen LogP contribution in [0.5, 0.6) is 5.75 Å². The highest BCUT2D eigenvalue weighted by atomic mass is 35.5. The third-order valence-electron chi connectivity index (χ3n) is 5.33. The predicted molar refractivity (Wildman–Crippen MR) is 117 cm³/mol. The second kappa shape index (κ2) is 7.70. The Kier molecular flexibility index (Phi) is 4.89. The number of fused-ring (bicyclic) bond motifs is 1. The molecule has 30 heavy (non-hydrogen) atoms. The number of halogens is 1. The number of nitrogens with one attached hydrogen (secondary N) is 1. The second-order valence-corrected chi connectivity index (χ2v) is 8.72. The van der Waals surface area contributed by atoms with Gasteiger partial charge < -0.3 is 4.74 Å². The van der Waals surface area contributed by atoms with Crippen molar-refractivity contribution in [2.75, 3.05) is 0 Å². The first-order valence-electron chi connectivity index (χ1n) is 9.53. The van der Waals surface area contributed by atoms with E-state index in [2.05, 4.69) is 21.8 Å². The molecule has 0 spiro atoms. The van der Waals surface area contributed by atoms with E-state index in [1.54, 1.807) is 12.3 Å². The van der Waals surface area contributed by atoms with E-state index >= 15 is 0 Å². The smallest absolute Gasteiger partial charge is 0.257 e. The third kappa shape index (κ3) is 3.53. The van der Waals surface area contributed by atoms with Crippen molar-refractivity contribution in [3.63, 3.8) is 0 Å². The highest BCUT2D eigenvalue weighted by Gasteiger charge is 2.27. The zero-order valence-electron chi connectivity index (χ0n) is 15.8. The van der Waals surface area contributed by atoms with Gasteiger partial charge in [0.1, 0.15) is 17.0 Å². The van der Waals surface area contributed by atoms with Gasteiger partial charge in [-0.3, -0.25) is 9.52 Å². The molecule has 2 atom stereocenters. The molecule has 3 aromatic rings. The number of hydrogen-bond acceptors (Lipinski definition) is 4.